The molecule has 13 heavy (non-hydrogen) atoms. The number of nitrogens with one attached hydrogen (secondary N) is 1. The molecule has 0 amide bonds. The van der Waals surface area contributed by atoms with Gasteiger partial charge in [-0.1, -0.05) is 0 Å². The first kappa shape index (κ1) is 8.10. The Kier molecular flexibility index (Phi) is 1.72. The Bertz CT molecular complexity index is 436. The van der Waals surface area contributed by atoms with Gasteiger partial charge in [-0.15, -0.1) is 0 Å². The molecule has 0 fully saturated rings. The van der Waals surface area contributed by atoms with Gasteiger partial charge >= 0.3 is 0 Å². The van der Waals surface area contributed by atoms with Gasteiger partial charge in [0.25, 0.3) is 6.43 Å². The van der Waals surface area contributed by atoms with Crippen molar-refractivity contribution in [3.05, 3.63) is 23.7 Å². The molecule has 3 nitrogen and oxygen atoms in total. The van der Waals surface area contributed by atoms with E-state index >= 15 is 0 Å². The first-order valence-electron chi connectivity index (χ1n) is 3.78. The summed E-state index contributed by atoms with van der Waals surface area (Å²) in [5.74, 6) is -0.326. The molecule has 0 spiro atoms. The van der Waals surface area contributed by atoms with Gasteiger partial charge in [-0.3, -0.25) is 0 Å². The molecule has 0 unspecified atom stereocenters. The molecule has 0 saturated heterocycles. The largest absolute Gasteiger partial charge is 0.336 e. The second kappa shape index (κ2) is 2.76. The van der Waals surface area contributed by atoms with Gasteiger partial charge in [-0.25, -0.2) is 18.7 Å². The number of H-pyrrole nitrogens is 1. The smallest absolute Gasteiger partial charge is 0.295 e. The third-order valence-corrected chi connectivity index (χ3v) is 1.71. The number of fused-ring (bicyclic) bond motifs is 1. The minimum Gasteiger partial charge on any atom is -0.336 e. The van der Waals surface area contributed by atoms with Crippen molar-refractivity contribution < 1.29 is 8.78 Å². The Hall–Kier alpha value is -1.52. The molecule has 0 aromatic carbocycles. The van der Waals surface area contributed by atoms with Crippen LogP contribution in [0.3, 0.4) is 0 Å². The quantitative estimate of drug-likeness (QED) is 0.736. The molecule has 0 aliphatic rings. The number of alkyl halides is 2. The molecule has 0 aliphatic heterocycles. The number of halogens is 2. The number of nitrogens with zero attached hydrogens (tertiary/aromatic N) is 2. The van der Waals surface area contributed by atoms with Crippen molar-refractivity contribution in [2.45, 2.75) is 13.3 Å². The van der Waals surface area contributed by atoms with Crippen molar-refractivity contribution in [1.82, 2.24) is 15.0 Å². The Morgan fingerprint density at radius 3 is 2.77 bits per heavy atom. The number of aryl methyl sites for hydroxylation is 1. The summed E-state index contributed by atoms with van der Waals surface area (Å²) in [6, 6.07) is 3.44. The van der Waals surface area contributed by atoms with Gasteiger partial charge < -0.3 is 4.98 Å². The fourth-order valence-electron chi connectivity index (χ4n) is 1.11. The van der Waals surface area contributed by atoms with Gasteiger partial charge in [0, 0.05) is 5.69 Å². The molecular weight excluding hydrogens is 176 g/mol. The third-order valence-electron chi connectivity index (χ3n) is 1.71. The molecule has 2 aromatic heterocycles. The normalized spacial score (nSPS) is 11.4. The Labute approximate surface area is 72.8 Å². The van der Waals surface area contributed by atoms with Crippen LogP contribution in [0.1, 0.15) is 17.9 Å². The number of pyridine rings is 1. The second-order valence-corrected chi connectivity index (χ2v) is 2.75. The number of imidazole rings is 1. The number of aromatic nitrogens is 3. The van der Waals surface area contributed by atoms with Gasteiger partial charge in [-0.05, 0) is 19.1 Å². The van der Waals surface area contributed by atoms with Crippen molar-refractivity contribution in [3.8, 4) is 0 Å². The zero-order valence-electron chi connectivity index (χ0n) is 6.88. The predicted octanol–water partition coefficient (Wildman–Crippen LogP) is 2.20. The van der Waals surface area contributed by atoms with E-state index in [4.69, 9.17) is 0 Å². The zero-order valence-corrected chi connectivity index (χ0v) is 6.88. The number of hydrogen-bond acceptors (Lipinski definition) is 2. The highest BCUT2D eigenvalue weighted by molar-refractivity contribution is 5.70. The molecule has 0 saturated carbocycles. The predicted molar refractivity (Wildman–Crippen MR) is 43.6 cm³/mol. The van der Waals surface area contributed by atoms with E-state index in [1.54, 1.807) is 19.1 Å². The molecule has 2 heterocycles. The monoisotopic (exact) mass is 183 g/mol. The number of rotatable bonds is 1. The second-order valence-electron chi connectivity index (χ2n) is 2.75. The summed E-state index contributed by atoms with van der Waals surface area (Å²) in [5.41, 5.74) is 1.65. The molecule has 1 N–H and O–H groups in total. The van der Waals surface area contributed by atoms with E-state index < -0.39 is 6.43 Å². The lowest BCUT2D eigenvalue weighted by atomic mass is 10.4. The highest BCUT2D eigenvalue weighted by Gasteiger charge is 2.12. The van der Waals surface area contributed by atoms with E-state index in [2.05, 4.69) is 15.0 Å². The molecule has 2 rings (SSSR count). The Morgan fingerprint density at radius 1 is 1.31 bits per heavy atom. The third kappa shape index (κ3) is 1.37. The van der Waals surface area contributed by atoms with Crippen LogP contribution in [0, 0.1) is 6.92 Å². The molecular formula is C8H7F2N3. The fourth-order valence-corrected chi connectivity index (χ4v) is 1.11. The summed E-state index contributed by atoms with van der Waals surface area (Å²) < 4.78 is 24.4. The minimum absolute atomic E-state index is 0.326. The van der Waals surface area contributed by atoms with Crippen molar-refractivity contribution in [2.24, 2.45) is 0 Å². The number of aromatic amines is 1. The number of hydrogen-bond donors (Lipinski definition) is 1. The summed E-state index contributed by atoms with van der Waals surface area (Å²) in [7, 11) is 0. The highest BCUT2D eigenvalue weighted by atomic mass is 19.3. The molecule has 0 radical (unpaired) electrons. The topological polar surface area (TPSA) is 41.6 Å². The van der Waals surface area contributed by atoms with Crippen LogP contribution in [0.4, 0.5) is 8.78 Å². The summed E-state index contributed by atoms with van der Waals surface area (Å²) in [5, 5.41) is 0. The molecule has 0 aliphatic carbocycles. The van der Waals surface area contributed by atoms with E-state index in [9.17, 15) is 8.78 Å². The van der Waals surface area contributed by atoms with Crippen LogP contribution >= 0.6 is 0 Å². The van der Waals surface area contributed by atoms with Crippen molar-refractivity contribution >= 4 is 11.2 Å². The van der Waals surface area contributed by atoms with Crippen LogP contribution in [-0.2, 0) is 0 Å². The summed E-state index contributed by atoms with van der Waals surface area (Å²) in [6.07, 6.45) is -2.57. The van der Waals surface area contributed by atoms with Crippen LogP contribution in [0.25, 0.3) is 11.2 Å². The van der Waals surface area contributed by atoms with Gasteiger partial charge in [-0.2, -0.15) is 0 Å². The SMILES string of the molecule is Cc1ccc2[nH]c(C(F)F)nc2n1. The zero-order chi connectivity index (χ0) is 9.42. The lowest BCUT2D eigenvalue weighted by Crippen LogP contribution is -1.85. The molecule has 5 heteroatoms. The molecule has 2 aromatic rings. The van der Waals surface area contributed by atoms with E-state index in [-0.39, 0.29) is 5.82 Å². The summed E-state index contributed by atoms with van der Waals surface area (Å²) in [4.78, 5) is 10.2. The van der Waals surface area contributed by atoms with E-state index in [1.165, 1.54) is 0 Å². The van der Waals surface area contributed by atoms with Gasteiger partial charge in [0.05, 0.1) is 5.52 Å². The lowest BCUT2D eigenvalue weighted by Gasteiger charge is -1.88. The first-order chi connectivity index (χ1) is 6.16. The highest BCUT2D eigenvalue weighted by Crippen LogP contribution is 2.18. The van der Waals surface area contributed by atoms with Crippen LogP contribution in [0.15, 0.2) is 12.1 Å². The van der Waals surface area contributed by atoms with E-state index in [0.717, 1.165) is 5.69 Å². The first-order valence-corrected chi connectivity index (χ1v) is 3.78. The van der Waals surface area contributed by atoms with Gasteiger partial charge in [0.2, 0.25) is 0 Å². The van der Waals surface area contributed by atoms with Crippen molar-refractivity contribution in [2.75, 3.05) is 0 Å². The summed E-state index contributed by atoms with van der Waals surface area (Å²) >= 11 is 0. The Balaban J connectivity index is 2.62. The Morgan fingerprint density at radius 2 is 2.08 bits per heavy atom. The maximum Gasteiger partial charge on any atom is 0.295 e. The van der Waals surface area contributed by atoms with Crippen LogP contribution < -0.4 is 0 Å². The van der Waals surface area contributed by atoms with Gasteiger partial charge in [0.15, 0.2) is 11.5 Å². The van der Waals surface area contributed by atoms with Crippen molar-refractivity contribution in [3.63, 3.8) is 0 Å². The molecule has 0 bridgehead atoms. The van der Waals surface area contributed by atoms with E-state index in [1.807, 2.05) is 0 Å². The maximum atomic E-state index is 12.2. The standard InChI is InChI=1S/C8H7F2N3/c1-4-2-3-5-7(11-4)13-8(12-5)6(9)10/h2-3,6H,1H3,(H,11,12,13). The fraction of sp³-hybridized carbons (Fsp3) is 0.250. The van der Waals surface area contributed by atoms with Crippen LogP contribution in [-0.4, -0.2) is 15.0 Å². The average Bonchev–Trinajstić information content (AvgIpc) is 2.46. The van der Waals surface area contributed by atoms with Gasteiger partial charge in [0.1, 0.15) is 0 Å². The minimum atomic E-state index is -2.57. The van der Waals surface area contributed by atoms with Crippen LogP contribution in [0.2, 0.25) is 0 Å². The lowest BCUT2D eigenvalue weighted by molar-refractivity contribution is 0.142. The maximum absolute atomic E-state index is 12.2. The van der Waals surface area contributed by atoms with Crippen LogP contribution in [0.5, 0.6) is 0 Å². The summed E-state index contributed by atoms with van der Waals surface area (Å²) in [6.45, 7) is 1.79. The van der Waals surface area contributed by atoms with E-state index in [0.29, 0.717) is 11.2 Å². The van der Waals surface area contributed by atoms with Crippen molar-refractivity contribution in [1.29, 1.82) is 0 Å². The average molecular weight is 183 g/mol. The molecule has 68 valence electrons. The molecule has 0 atom stereocenters.